The smallest absolute Gasteiger partial charge is 0.216 e. The summed E-state index contributed by atoms with van der Waals surface area (Å²) in [5.41, 5.74) is 3.85. The molecule has 23 heavy (non-hydrogen) atoms. The Hall–Kier alpha value is -2.61. The number of aromatic nitrogens is 1. The van der Waals surface area contributed by atoms with Crippen molar-refractivity contribution in [1.29, 1.82) is 0 Å². The van der Waals surface area contributed by atoms with Crippen LogP contribution >= 0.6 is 0 Å². The Labute approximate surface area is 144 Å². The van der Waals surface area contributed by atoms with E-state index in [1.54, 1.807) is 36.0 Å². The molecule has 2 heterocycles. The molecule has 0 N–H and O–H groups in total. The third-order valence-electron chi connectivity index (χ3n) is 4.24. The Morgan fingerprint density at radius 3 is 2.70 bits per heavy atom. The normalized spacial score (nSPS) is 16.4. The highest BCUT2D eigenvalue weighted by atomic mass is 16.3. The third kappa shape index (κ3) is 2.06. The Morgan fingerprint density at radius 2 is 1.91 bits per heavy atom. The van der Waals surface area contributed by atoms with Gasteiger partial charge >= 0.3 is 0 Å². The topological polar surface area (TPSA) is 17.0 Å². The predicted molar refractivity (Wildman–Crippen MR) is 94.5 cm³/mol. The molecule has 0 unspecified atom stereocenters. The zero-order chi connectivity index (χ0) is 21.1. The van der Waals surface area contributed by atoms with E-state index in [2.05, 4.69) is 0 Å². The van der Waals surface area contributed by atoms with Crippen LogP contribution in [0, 0.1) is 20.6 Å². The number of furan rings is 1. The molecule has 0 amide bonds. The molecule has 0 bridgehead atoms. The first-order chi connectivity index (χ1) is 13.5. The highest BCUT2D eigenvalue weighted by molar-refractivity contribution is 6.11. The largest absolute Gasteiger partial charge is 0.455 e. The molecule has 4 rings (SSSR count). The maximum Gasteiger partial charge on any atom is 0.216 e. The molecule has 0 radical (unpaired) electrons. The van der Waals surface area contributed by atoms with Crippen molar-refractivity contribution < 1.29 is 17.2 Å². The van der Waals surface area contributed by atoms with Crippen molar-refractivity contribution in [3.8, 4) is 11.3 Å². The second-order valence-electron chi connectivity index (χ2n) is 5.83. The molecule has 2 heteroatoms. The van der Waals surface area contributed by atoms with Crippen molar-refractivity contribution >= 4 is 21.9 Å². The van der Waals surface area contributed by atoms with Crippen LogP contribution in [0.4, 0.5) is 0 Å². The molecule has 0 aliphatic rings. The number of benzene rings is 2. The highest BCUT2D eigenvalue weighted by Crippen LogP contribution is 2.38. The molecule has 0 saturated heterocycles. The van der Waals surface area contributed by atoms with Crippen molar-refractivity contribution in [3.05, 3.63) is 65.4 Å². The first kappa shape index (κ1) is 8.88. The van der Waals surface area contributed by atoms with Crippen LogP contribution in [-0.4, -0.2) is 0 Å². The van der Waals surface area contributed by atoms with Crippen LogP contribution in [0.3, 0.4) is 0 Å². The minimum atomic E-state index is -2.29. The molecule has 0 saturated carbocycles. The fraction of sp³-hybridized carbons (Fsp3) is 0.190. The highest BCUT2D eigenvalue weighted by Gasteiger charge is 2.21. The van der Waals surface area contributed by atoms with Crippen molar-refractivity contribution in [2.45, 2.75) is 20.6 Å². The summed E-state index contributed by atoms with van der Waals surface area (Å²) in [6, 6.07) is 12.4. The molecular weight excluding hydrogens is 282 g/mol. The van der Waals surface area contributed by atoms with Crippen molar-refractivity contribution in [2.24, 2.45) is 7.05 Å². The lowest BCUT2D eigenvalue weighted by Gasteiger charge is -2.08. The standard InChI is InChI=1S/C21H20NO/c1-13-9-10-17(22(4)12-13)20-15(3)11-14(2)19-16-7-5-6-8-18(16)23-21(19)20/h5-12H,1-4H3/q+1/i1D3,2D3. The summed E-state index contributed by atoms with van der Waals surface area (Å²) in [4.78, 5) is 0. The number of pyridine rings is 1. The second kappa shape index (κ2) is 4.95. The molecule has 0 aliphatic carbocycles. The van der Waals surface area contributed by atoms with Crippen LogP contribution in [0.5, 0.6) is 0 Å². The second-order valence-corrected chi connectivity index (χ2v) is 5.83. The van der Waals surface area contributed by atoms with Crippen molar-refractivity contribution in [1.82, 2.24) is 0 Å². The molecule has 2 nitrogen and oxygen atoms in total. The number of fused-ring (bicyclic) bond motifs is 3. The average Bonchev–Trinajstić information content (AvgIpc) is 2.99. The van der Waals surface area contributed by atoms with Crippen LogP contribution in [-0.2, 0) is 7.05 Å². The van der Waals surface area contributed by atoms with E-state index in [-0.39, 0.29) is 11.1 Å². The molecular formula is C21H20NO+. The van der Waals surface area contributed by atoms with Gasteiger partial charge in [0, 0.05) is 30.6 Å². The van der Waals surface area contributed by atoms with Crippen LogP contribution in [0.25, 0.3) is 33.2 Å². The van der Waals surface area contributed by atoms with E-state index < -0.39 is 13.7 Å². The van der Waals surface area contributed by atoms with Gasteiger partial charge in [-0.15, -0.1) is 0 Å². The zero-order valence-electron chi connectivity index (χ0n) is 19.0. The molecule has 2 aromatic carbocycles. The van der Waals surface area contributed by atoms with E-state index in [4.69, 9.17) is 12.6 Å². The van der Waals surface area contributed by atoms with Gasteiger partial charge in [0.25, 0.3) is 0 Å². The van der Waals surface area contributed by atoms with E-state index in [1.165, 1.54) is 0 Å². The zero-order valence-corrected chi connectivity index (χ0v) is 13.0. The molecule has 0 spiro atoms. The number of aryl methyl sites for hydroxylation is 4. The number of hydrogen-bond acceptors (Lipinski definition) is 1. The lowest BCUT2D eigenvalue weighted by atomic mass is 9.97. The van der Waals surface area contributed by atoms with E-state index in [9.17, 15) is 0 Å². The maximum absolute atomic E-state index is 8.00. The van der Waals surface area contributed by atoms with Gasteiger partial charge in [-0.2, -0.15) is 0 Å². The summed E-state index contributed by atoms with van der Waals surface area (Å²) < 4.78 is 54.8. The Balaban J connectivity index is 2.11. The summed E-state index contributed by atoms with van der Waals surface area (Å²) in [6.45, 7) is -2.65. The number of para-hydroxylation sites is 1. The summed E-state index contributed by atoms with van der Waals surface area (Å²) in [5.74, 6) is 0. The van der Waals surface area contributed by atoms with Crippen LogP contribution in [0.1, 0.15) is 24.9 Å². The van der Waals surface area contributed by atoms with Crippen molar-refractivity contribution in [2.75, 3.05) is 0 Å². The Kier molecular flexibility index (Phi) is 1.91. The van der Waals surface area contributed by atoms with Crippen molar-refractivity contribution in [3.63, 3.8) is 0 Å². The minimum absolute atomic E-state index is 0.237. The third-order valence-corrected chi connectivity index (χ3v) is 4.24. The molecule has 0 fully saturated rings. The fourth-order valence-electron chi connectivity index (χ4n) is 3.21. The number of hydrogen-bond donors (Lipinski definition) is 0. The van der Waals surface area contributed by atoms with Crippen LogP contribution in [0.15, 0.2) is 53.1 Å². The van der Waals surface area contributed by atoms with E-state index in [1.807, 2.05) is 31.2 Å². The van der Waals surface area contributed by atoms with Crippen LogP contribution in [0.2, 0.25) is 0 Å². The maximum atomic E-state index is 8.00. The van der Waals surface area contributed by atoms with Gasteiger partial charge in [-0.05, 0) is 43.9 Å². The molecule has 114 valence electrons. The average molecular weight is 308 g/mol. The van der Waals surface area contributed by atoms with Gasteiger partial charge in [0.2, 0.25) is 5.69 Å². The quantitative estimate of drug-likeness (QED) is 0.452. The van der Waals surface area contributed by atoms with E-state index in [0.717, 1.165) is 22.2 Å². The number of rotatable bonds is 1. The number of nitrogens with zero attached hydrogens (tertiary/aromatic N) is 1. The summed E-state index contributed by atoms with van der Waals surface area (Å²) in [5, 5.41) is 1.32. The van der Waals surface area contributed by atoms with E-state index in [0.29, 0.717) is 16.6 Å². The lowest BCUT2D eigenvalue weighted by molar-refractivity contribution is -0.660. The molecule has 4 aromatic rings. The summed E-state index contributed by atoms with van der Waals surface area (Å²) >= 11 is 0. The van der Waals surface area contributed by atoms with Gasteiger partial charge in [-0.3, -0.25) is 0 Å². The van der Waals surface area contributed by atoms with Gasteiger partial charge < -0.3 is 4.42 Å². The molecule has 2 aromatic heterocycles. The van der Waals surface area contributed by atoms with Gasteiger partial charge in [0.1, 0.15) is 18.2 Å². The molecule has 0 aliphatic heterocycles. The van der Waals surface area contributed by atoms with Gasteiger partial charge in [0.15, 0.2) is 6.20 Å². The SMILES string of the molecule is [2H]C([2H])([2H])c1ccc(-c2c(C)cc(C([2H])([2H])[2H])c3c2oc2ccccc23)[n+](C)c1. The Morgan fingerprint density at radius 1 is 1.04 bits per heavy atom. The minimum Gasteiger partial charge on any atom is -0.455 e. The van der Waals surface area contributed by atoms with Crippen LogP contribution < -0.4 is 4.57 Å². The summed E-state index contributed by atoms with van der Waals surface area (Å²) in [7, 11) is 1.77. The Bertz CT molecular complexity index is 1250. The monoisotopic (exact) mass is 308 g/mol. The first-order valence-corrected chi connectivity index (χ1v) is 7.44. The fourth-order valence-corrected chi connectivity index (χ4v) is 3.21. The molecule has 0 atom stereocenters. The predicted octanol–water partition coefficient (Wildman–Crippen LogP) is 5.00. The van der Waals surface area contributed by atoms with Gasteiger partial charge in [0.05, 0.1) is 5.56 Å². The lowest BCUT2D eigenvalue weighted by Crippen LogP contribution is -2.31. The van der Waals surface area contributed by atoms with Gasteiger partial charge in [-0.1, -0.05) is 24.3 Å². The van der Waals surface area contributed by atoms with Gasteiger partial charge in [-0.25, -0.2) is 4.57 Å². The summed E-state index contributed by atoms with van der Waals surface area (Å²) in [6.07, 6.45) is 1.58. The first-order valence-electron chi connectivity index (χ1n) is 10.4. The van der Waals surface area contributed by atoms with E-state index >= 15 is 0 Å².